The zero-order valence-corrected chi connectivity index (χ0v) is 9.47. The molecule has 0 unspecified atom stereocenters. The Labute approximate surface area is 100.0 Å². The van der Waals surface area contributed by atoms with Crippen molar-refractivity contribution in [2.24, 2.45) is 0 Å². The number of unbranched alkanes of at least 4 members (excludes halogenated alkanes) is 1. The monoisotopic (exact) mass is 272 g/mol. The normalized spacial score (nSPS) is 10.7. The lowest BCUT2D eigenvalue weighted by molar-refractivity contribution is 0.258. The first-order valence-electron chi connectivity index (χ1n) is 4.75. The predicted octanol–water partition coefficient (Wildman–Crippen LogP) is 3.47. The van der Waals surface area contributed by atoms with Crippen molar-refractivity contribution in [2.75, 3.05) is 12.4 Å². The summed E-state index contributed by atoms with van der Waals surface area (Å²) in [6, 6.07) is 0. The number of hydrogen-bond donors (Lipinski definition) is 1. The van der Waals surface area contributed by atoms with Crippen molar-refractivity contribution in [2.45, 2.75) is 12.8 Å². The van der Waals surface area contributed by atoms with Gasteiger partial charge in [0.25, 0.3) is 0 Å². The van der Waals surface area contributed by atoms with Crippen molar-refractivity contribution < 1.29 is 26.7 Å². The summed E-state index contributed by atoms with van der Waals surface area (Å²) in [5.74, 6) is -10.8. The average Bonchev–Trinajstić information content (AvgIpc) is 2.33. The molecule has 0 saturated heterocycles. The lowest BCUT2D eigenvalue weighted by atomic mass is 10.2. The first-order valence-corrected chi connectivity index (χ1v) is 5.39. The van der Waals surface area contributed by atoms with Gasteiger partial charge in [-0.3, -0.25) is 0 Å². The minimum absolute atomic E-state index is 0.140. The first-order chi connectivity index (χ1) is 8.00. The lowest BCUT2D eigenvalue weighted by Crippen LogP contribution is -2.08. The van der Waals surface area contributed by atoms with Crippen molar-refractivity contribution in [3.63, 3.8) is 0 Å². The minimum Gasteiger partial charge on any atom is -0.487 e. The second-order valence-electron chi connectivity index (χ2n) is 3.18. The molecule has 96 valence electrons. The third kappa shape index (κ3) is 3.02. The van der Waals surface area contributed by atoms with Gasteiger partial charge in [0.05, 0.1) is 6.61 Å². The molecule has 0 radical (unpaired) electrons. The summed E-state index contributed by atoms with van der Waals surface area (Å²) >= 11 is 3.89. The smallest absolute Gasteiger partial charge is 0.206 e. The summed E-state index contributed by atoms with van der Waals surface area (Å²) in [5.41, 5.74) is 0. The molecule has 0 aromatic heterocycles. The Morgan fingerprint density at radius 1 is 0.765 bits per heavy atom. The Hall–Kier alpha value is -0.980. The van der Waals surface area contributed by atoms with Crippen LogP contribution in [0.2, 0.25) is 0 Å². The molecule has 7 heteroatoms. The van der Waals surface area contributed by atoms with Crippen LogP contribution >= 0.6 is 12.6 Å². The van der Waals surface area contributed by atoms with Crippen LogP contribution in [0.1, 0.15) is 12.8 Å². The Bertz CT molecular complexity index is 381. The fourth-order valence-corrected chi connectivity index (χ4v) is 1.32. The molecule has 0 fully saturated rings. The van der Waals surface area contributed by atoms with Gasteiger partial charge in [0, 0.05) is 0 Å². The van der Waals surface area contributed by atoms with E-state index in [9.17, 15) is 22.0 Å². The molecule has 0 heterocycles. The van der Waals surface area contributed by atoms with Crippen molar-refractivity contribution >= 4 is 12.6 Å². The third-order valence-corrected chi connectivity index (χ3v) is 2.28. The largest absolute Gasteiger partial charge is 0.487 e. The topological polar surface area (TPSA) is 9.23 Å². The number of hydrogen-bond acceptors (Lipinski definition) is 2. The summed E-state index contributed by atoms with van der Waals surface area (Å²) in [7, 11) is 0. The van der Waals surface area contributed by atoms with E-state index in [1.807, 2.05) is 0 Å². The molecule has 1 aromatic carbocycles. The summed E-state index contributed by atoms with van der Waals surface area (Å²) in [4.78, 5) is 0. The van der Waals surface area contributed by atoms with Crippen LogP contribution in [0.3, 0.4) is 0 Å². The molecule has 0 aliphatic rings. The van der Waals surface area contributed by atoms with Gasteiger partial charge in [-0.05, 0) is 18.6 Å². The fourth-order valence-electron chi connectivity index (χ4n) is 1.10. The Morgan fingerprint density at radius 2 is 1.24 bits per heavy atom. The highest BCUT2D eigenvalue weighted by Gasteiger charge is 2.26. The van der Waals surface area contributed by atoms with Crippen molar-refractivity contribution in [1.82, 2.24) is 0 Å². The molecule has 0 aliphatic carbocycles. The van der Waals surface area contributed by atoms with Crippen LogP contribution < -0.4 is 4.74 Å². The van der Waals surface area contributed by atoms with Gasteiger partial charge in [0.1, 0.15) is 0 Å². The van der Waals surface area contributed by atoms with Crippen molar-refractivity contribution in [3.8, 4) is 5.75 Å². The maximum atomic E-state index is 13.1. The molecular weight excluding hydrogens is 263 g/mol. The molecule has 0 atom stereocenters. The molecule has 1 nitrogen and oxygen atoms in total. The number of rotatable bonds is 5. The predicted molar refractivity (Wildman–Crippen MR) is 54.8 cm³/mol. The molecule has 1 aromatic rings. The molecule has 0 saturated carbocycles. The van der Waals surface area contributed by atoms with Crippen molar-refractivity contribution in [1.29, 1.82) is 0 Å². The Morgan fingerprint density at radius 3 is 1.71 bits per heavy atom. The molecular formula is C10H9F5OS. The zero-order chi connectivity index (χ0) is 13.0. The SMILES string of the molecule is Fc1c(F)c(F)c(OCCCCS)c(F)c1F. The maximum absolute atomic E-state index is 13.1. The molecule has 1 rings (SSSR count). The van der Waals surface area contributed by atoms with Gasteiger partial charge >= 0.3 is 0 Å². The van der Waals surface area contributed by atoms with Gasteiger partial charge in [-0.1, -0.05) is 0 Å². The maximum Gasteiger partial charge on any atom is 0.206 e. The van der Waals surface area contributed by atoms with E-state index in [2.05, 4.69) is 17.4 Å². The highest BCUT2D eigenvalue weighted by atomic mass is 32.1. The van der Waals surface area contributed by atoms with E-state index in [1.165, 1.54) is 0 Å². The van der Waals surface area contributed by atoms with E-state index in [0.29, 0.717) is 18.6 Å². The lowest BCUT2D eigenvalue weighted by Gasteiger charge is -2.09. The number of ether oxygens (including phenoxy) is 1. The van der Waals surface area contributed by atoms with Crippen LogP contribution in [-0.4, -0.2) is 12.4 Å². The van der Waals surface area contributed by atoms with E-state index < -0.39 is 34.8 Å². The van der Waals surface area contributed by atoms with Crippen LogP contribution in [0.25, 0.3) is 0 Å². The molecule has 0 aliphatic heterocycles. The van der Waals surface area contributed by atoms with Crippen LogP contribution in [0.4, 0.5) is 22.0 Å². The van der Waals surface area contributed by atoms with Gasteiger partial charge in [0.15, 0.2) is 5.75 Å². The molecule has 17 heavy (non-hydrogen) atoms. The fraction of sp³-hybridized carbons (Fsp3) is 0.400. The van der Waals surface area contributed by atoms with E-state index in [-0.39, 0.29) is 6.61 Å². The van der Waals surface area contributed by atoms with Gasteiger partial charge in [-0.2, -0.15) is 21.4 Å². The van der Waals surface area contributed by atoms with E-state index in [4.69, 9.17) is 0 Å². The summed E-state index contributed by atoms with van der Waals surface area (Å²) in [6.07, 6.45) is 1.02. The van der Waals surface area contributed by atoms with Crippen molar-refractivity contribution in [3.05, 3.63) is 29.1 Å². The summed E-state index contributed by atoms with van der Waals surface area (Å²) in [5, 5.41) is 0. The standard InChI is InChI=1S/C10H9F5OS/c11-5-6(12)8(14)10(9(15)7(5)13)16-3-1-2-4-17/h17H,1-4H2. The molecule has 0 N–H and O–H groups in total. The summed E-state index contributed by atoms with van der Waals surface area (Å²) < 4.78 is 68.8. The quantitative estimate of drug-likeness (QED) is 0.284. The highest BCUT2D eigenvalue weighted by molar-refractivity contribution is 7.80. The van der Waals surface area contributed by atoms with E-state index >= 15 is 0 Å². The van der Waals surface area contributed by atoms with E-state index in [1.54, 1.807) is 0 Å². The van der Waals surface area contributed by atoms with Crippen LogP contribution in [0, 0.1) is 29.1 Å². The van der Waals surface area contributed by atoms with Crippen LogP contribution in [0.5, 0.6) is 5.75 Å². The summed E-state index contributed by atoms with van der Waals surface area (Å²) in [6.45, 7) is -0.140. The van der Waals surface area contributed by atoms with Crippen LogP contribution in [0.15, 0.2) is 0 Å². The number of thiol groups is 1. The third-order valence-electron chi connectivity index (χ3n) is 1.97. The van der Waals surface area contributed by atoms with Gasteiger partial charge in [-0.15, -0.1) is 0 Å². The second kappa shape index (κ2) is 6.09. The number of benzene rings is 1. The number of halogens is 5. The van der Waals surface area contributed by atoms with E-state index in [0.717, 1.165) is 0 Å². The van der Waals surface area contributed by atoms with Gasteiger partial charge in [-0.25, -0.2) is 13.2 Å². The van der Waals surface area contributed by atoms with Gasteiger partial charge < -0.3 is 4.74 Å². The molecule has 0 spiro atoms. The minimum atomic E-state index is -2.19. The molecule has 0 amide bonds. The van der Waals surface area contributed by atoms with Gasteiger partial charge in [0.2, 0.25) is 29.1 Å². The second-order valence-corrected chi connectivity index (χ2v) is 3.63. The first kappa shape index (κ1) is 14.1. The molecule has 0 bridgehead atoms. The average molecular weight is 272 g/mol. The highest BCUT2D eigenvalue weighted by Crippen LogP contribution is 2.29. The Balaban J connectivity index is 2.92. The zero-order valence-electron chi connectivity index (χ0n) is 8.57. The van der Waals surface area contributed by atoms with Crippen LogP contribution in [-0.2, 0) is 0 Å². The Kier molecular flexibility index (Phi) is 5.04.